The Bertz CT molecular complexity index is 6600. The highest BCUT2D eigenvalue weighted by Crippen LogP contribution is 2.58. The molecule has 17 aromatic rings. The molecule has 0 bridgehead atoms. The van der Waals surface area contributed by atoms with Crippen molar-refractivity contribution in [2.75, 3.05) is 9.80 Å². The molecule has 109 heavy (non-hydrogen) atoms. The van der Waals surface area contributed by atoms with E-state index in [1.54, 1.807) is 0 Å². The van der Waals surface area contributed by atoms with Crippen LogP contribution in [-0.4, -0.2) is 11.3 Å². The minimum Gasteiger partial charge on any atom is -0.310 e. The highest BCUT2D eigenvalue weighted by atomic mass is 32.1. The lowest BCUT2D eigenvalue weighted by Gasteiger charge is -2.46. The Labute approximate surface area is 651 Å². The van der Waals surface area contributed by atoms with Crippen LogP contribution >= 0.6 is 11.3 Å². The number of nitrogens with zero attached hydrogens (tertiary/aromatic N) is 3. The van der Waals surface area contributed by atoms with Crippen LogP contribution in [0.4, 0.5) is 34.1 Å². The van der Waals surface area contributed by atoms with Crippen molar-refractivity contribution < 1.29 is 4.11 Å². The van der Waals surface area contributed by atoms with Gasteiger partial charge in [0.05, 0.1) is 32.2 Å². The molecule has 4 heterocycles. The monoisotopic (exact) mass is 1430 g/mol. The lowest BCUT2D eigenvalue weighted by atomic mass is 9.36. The zero-order chi connectivity index (χ0) is 77.7. The zero-order valence-corrected chi connectivity index (χ0v) is 66.0. The molecule has 0 fully saturated rings. The van der Waals surface area contributed by atoms with Crippen LogP contribution in [0.2, 0.25) is 0 Å². The Kier molecular flexibility index (Phi) is 14.7. The SMILES string of the molecule is [2H]c1c([2H])c(-n2c3ccc(-c4ccccc4)cc3c3cc4ccc5c(C(C)(C)C)ccc6ccc(c4c65)c32)c([2H])c2c1B1c3sc4cc(C(C)(C)C)ccc4c3N(c3c(-c4ccccc4)cc(C(C)(C)C)cc3-c3ccccc3)c3cc(C(C)(C)C)cc(c31)N2c1c(-c2ccccc2)cc(C(C)(C)C)cc1-c1ccccc1. The third kappa shape index (κ3) is 11.0. The third-order valence-corrected chi connectivity index (χ3v) is 24.7. The molecule has 19 rings (SSSR count). The molecular weight excluding hydrogens is 1330 g/mol. The van der Waals surface area contributed by atoms with Crippen molar-refractivity contribution >= 4 is 132 Å². The number of benzene rings is 15. The highest BCUT2D eigenvalue weighted by molar-refractivity contribution is 7.33. The number of anilines is 6. The Morgan fingerprint density at radius 3 is 1.31 bits per heavy atom. The van der Waals surface area contributed by atoms with Crippen LogP contribution in [0.5, 0.6) is 0 Å². The van der Waals surface area contributed by atoms with E-state index in [1.807, 2.05) is 11.3 Å². The molecule has 0 radical (unpaired) electrons. The average Bonchev–Trinajstić information content (AvgIpc) is 1.20. The molecule has 0 N–H and O–H groups in total. The molecular formula is C104H92BN3S. The van der Waals surface area contributed by atoms with E-state index in [0.717, 1.165) is 148 Å². The Hall–Kier alpha value is -11.2. The van der Waals surface area contributed by atoms with Crippen LogP contribution in [0.3, 0.4) is 0 Å². The van der Waals surface area contributed by atoms with E-state index in [2.05, 4.69) is 385 Å². The first kappa shape index (κ1) is 64.9. The molecule has 0 spiro atoms. The van der Waals surface area contributed by atoms with Gasteiger partial charge in [0.25, 0.3) is 6.71 Å². The van der Waals surface area contributed by atoms with E-state index in [0.29, 0.717) is 16.8 Å². The van der Waals surface area contributed by atoms with Gasteiger partial charge in [0.15, 0.2) is 0 Å². The summed E-state index contributed by atoms with van der Waals surface area (Å²) in [4.78, 5) is 5.11. The molecule has 0 atom stereocenters. The van der Waals surface area contributed by atoms with Crippen LogP contribution in [0, 0.1) is 0 Å². The smallest absolute Gasteiger partial charge is 0.264 e. The quantitative estimate of drug-likeness (QED) is 0.111. The standard InChI is InChI=1S/C104H92BN3S/c1-100(2,3)71-45-49-77-91(61-71)109-99-98(77)108(97-81(66-37-27-19-28-38-66)57-73(102(7,8)9)58-82(97)67-39-29-20-30-40-67)90-60-74(103(10,11)12)59-89-94(90)105(99)86-51-46-75(62-88(86)107(89)96-79(64-33-23-17-24-34-64)55-72(101(4,5)6)56-80(96)65-35-25-18-26-36-65)106-87-52-44-69(63-31-21-16-22-32-63)53-83(87)84-54-70-42-47-76-85(104(13,14)15)50-43-68-41-48-78(95(84)106)93(70)92(68)76/h16-62H,1-15H3/i46D,51D,62D. The van der Waals surface area contributed by atoms with Gasteiger partial charge in [0, 0.05) is 76.0 Å². The molecule has 0 saturated heterocycles. The third-order valence-electron chi connectivity index (χ3n) is 23.5. The second-order valence-electron chi connectivity index (χ2n) is 35.8. The van der Waals surface area contributed by atoms with Gasteiger partial charge in [-0.05, 0) is 199 Å². The predicted molar refractivity (Wildman–Crippen MR) is 475 cm³/mol. The average molecular weight is 1430 g/mol. The highest BCUT2D eigenvalue weighted by Gasteiger charge is 2.48. The number of fused-ring (bicyclic) bond motifs is 10. The Balaban J connectivity index is 1.04. The maximum absolute atomic E-state index is 12.2. The number of hydrogen-bond acceptors (Lipinski definition) is 3. The van der Waals surface area contributed by atoms with Crippen molar-refractivity contribution in [2.24, 2.45) is 0 Å². The largest absolute Gasteiger partial charge is 0.310 e. The molecule has 3 nitrogen and oxygen atoms in total. The van der Waals surface area contributed by atoms with E-state index in [1.165, 1.54) is 38.4 Å². The fraction of sp³-hybridized carbons (Fsp3) is 0.192. The van der Waals surface area contributed by atoms with Gasteiger partial charge < -0.3 is 14.4 Å². The van der Waals surface area contributed by atoms with Gasteiger partial charge in [0.2, 0.25) is 0 Å². The normalized spacial score (nSPS) is 13.8. The predicted octanol–water partition coefficient (Wildman–Crippen LogP) is 27.8. The molecule has 0 saturated carbocycles. The summed E-state index contributed by atoms with van der Waals surface area (Å²) in [7, 11) is 0. The minimum absolute atomic E-state index is 0.00286. The molecule has 0 unspecified atom stereocenters. The van der Waals surface area contributed by atoms with Crippen molar-refractivity contribution in [1.82, 2.24) is 4.57 Å². The summed E-state index contributed by atoms with van der Waals surface area (Å²) in [6.07, 6.45) is 0. The summed E-state index contributed by atoms with van der Waals surface area (Å²) in [6, 6.07) is 99.4. The van der Waals surface area contributed by atoms with Crippen LogP contribution in [0.15, 0.2) is 285 Å². The van der Waals surface area contributed by atoms with Crippen LogP contribution in [0.25, 0.3) is 126 Å². The number of hydrogen-bond donors (Lipinski definition) is 0. The van der Waals surface area contributed by atoms with Gasteiger partial charge in [0.1, 0.15) is 0 Å². The van der Waals surface area contributed by atoms with E-state index in [4.69, 9.17) is 0 Å². The number of thiophene rings is 1. The number of aromatic nitrogens is 1. The lowest BCUT2D eigenvalue weighted by molar-refractivity contribution is 0.590. The molecule has 2 aliphatic rings. The lowest BCUT2D eigenvalue weighted by Crippen LogP contribution is -2.60. The minimum atomic E-state index is -0.647. The second kappa shape index (κ2) is 24.6. The van der Waals surface area contributed by atoms with Gasteiger partial charge in [-0.15, -0.1) is 11.3 Å². The van der Waals surface area contributed by atoms with E-state index < -0.39 is 12.1 Å². The number of rotatable bonds is 8. The fourth-order valence-corrected chi connectivity index (χ4v) is 19.1. The van der Waals surface area contributed by atoms with Gasteiger partial charge in [-0.3, -0.25) is 0 Å². The summed E-state index contributed by atoms with van der Waals surface area (Å²) >= 11 is 1.81. The van der Waals surface area contributed by atoms with Gasteiger partial charge in [-0.2, -0.15) is 0 Å². The van der Waals surface area contributed by atoms with Crippen molar-refractivity contribution in [3.8, 4) is 61.3 Å². The van der Waals surface area contributed by atoms with Gasteiger partial charge >= 0.3 is 0 Å². The Morgan fingerprint density at radius 2 is 0.789 bits per heavy atom. The van der Waals surface area contributed by atoms with E-state index in [-0.39, 0.29) is 39.8 Å². The summed E-state index contributed by atoms with van der Waals surface area (Å²) < 4.78 is 39.9. The summed E-state index contributed by atoms with van der Waals surface area (Å²) in [5.74, 6) is 0. The molecule has 2 aliphatic heterocycles. The van der Waals surface area contributed by atoms with Crippen molar-refractivity contribution in [1.29, 1.82) is 0 Å². The molecule has 0 amide bonds. The van der Waals surface area contributed by atoms with Crippen LogP contribution in [0.1, 0.15) is 136 Å². The molecule has 532 valence electrons. The summed E-state index contributed by atoms with van der Waals surface area (Å²) in [5.41, 5.74) is 24.7. The van der Waals surface area contributed by atoms with Gasteiger partial charge in [-0.1, -0.05) is 316 Å². The van der Waals surface area contributed by atoms with Crippen molar-refractivity contribution in [3.63, 3.8) is 0 Å². The maximum atomic E-state index is 12.2. The Morgan fingerprint density at radius 1 is 0.330 bits per heavy atom. The molecule has 5 heteroatoms. The van der Waals surface area contributed by atoms with Crippen LogP contribution < -0.4 is 25.5 Å². The molecule has 2 aromatic heterocycles. The van der Waals surface area contributed by atoms with Crippen molar-refractivity contribution in [3.05, 3.63) is 313 Å². The van der Waals surface area contributed by atoms with E-state index >= 15 is 0 Å². The second-order valence-corrected chi connectivity index (χ2v) is 36.9. The molecule has 0 aliphatic carbocycles. The topological polar surface area (TPSA) is 11.4 Å². The first-order valence-corrected chi connectivity index (χ1v) is 39.7. The van der Waals surface area contributed by atoms with Crippen molar-refractivity contribution in [2.45, 2.75) is 131 Å². The zero-order valence-electron chi connectivity index (χ0n) is 68.2. The summed E-state index contributed by atoms with van der Waals surface area (Å²) in [5, 5.41) is 10.1. The summed E-state index contributed by atoms with van der Waals surface area (Å²) in [6.45, 7) is 34.1. The van der Waals surface area contributed by atoms with Crippen LogP contribution in [-0.2, 0) is 27.1 Å². The maximum Gasteiger partial charge on any atom is 0.264 e. The molecule has 15 aromatic carbocycles. The first-order chi connectivity index (χ1) is 53.5. The van der Waals surface area contributed by atoms with Gasteiger partial charge in [-0.25, -0.2) is 0 Å². The van der Waals surface area contributed by atoms with E-state index in [9.17, 15) is 4.11 Å². The first-order valence-electron chi connectivity index (χ1n) is 40.3. The fourth-order valence-electron chi connectivity index (χ4n) is 17.8.